The summed E-state index contributed by atoms with van der Waals surface area (Å²) in [5.41, 5.74) is 3.62. The number of benzene rings is 1. The maximum Gasteiger partial charge on any atom is 0.336 e. The Balaban J connectivity index is 2.47. The van der Waals surface area contributed by atoms with E-state index in [-0.39, 0.29) is 5.63 Å². The van der Waals surface area contributed by atoms with Crippen molar-refractivity contribution in [2.45, 2.75) is 19.6 Å². The number of aliphatic imine (C=N–C) groups is 1. The van der Waals surface area contributed by atoms with Gasteiger partial charge in [0.25, 0.3) is 0 Å². The minimum atomic E-state index is -0.309. The first-order chi connectivity index (χ1) is 9.55. The molecule has 1 aromatic heterocycles. The van der Waals surface area contributed by atoms with Crippen LogP contribution >= 0.6 is 11.8 Å². The molecule has 0 saturated carbocycles. The third-order valence-electron chi connectivity index (χ3n) is 3.23. The van der Waals surface area contributed by atoms with Gasteiger partial charge in [0.05, 0.1) is 0 Å². The van der Waals surface area contributed by atoms with E-state index >= 15 is 0 Å². The van der Waals surface area contributed by atoms with Crippen LogP contribution in [0.4, 0.5) is 0 Å². The quantitative estimate of drug-likeness (QED) is 0.525. The van der Waals surface area contributed by atoms with Crippen LogP contribution in [0.3, 0.4) is 0 Å². The van der Waals surface area contributed by atoms with Crippen molar-refractivity contribution in [3.63, 3.8) is 0 Å². The molecule has 2 aromatic rings. The van der Waals surface area contributed by atoms with Gasteiger partial charge < -0.3 is 9.73 Å². The predicted octanol–water partition coefficient (Wildman–Crippen LogP) is 2.85. The lowest BCUT2D eigenvalue weighted by Crippen LogP contribution is -2.14. The predicted molar refractivity (Wildman–Crippen MR) is 85.7 cm³/mol. The van der Waals surface area contributed by atoms with Crippen molar-refractivity contribution in [1.29, 1.82) is 0 Å². The molecule has 0 radical (unpaired) electrons. The summed E-state index contributed by atoms with van der Waals surface area (Å²) in [5.74, 6) is 0.679. The highest BCUT2D eigenvalue weighted by atomic mass is 32.2. The number of hydrogen-bond acceptors (Lipinski definition) is 4. The minimum Gasteiger partial charge on any atom is -0.423 e. The molecule has 0 aliphatic carbocycles. The van der Waals surface area contributed by atoms with E-state index in [0.717, 1.165) is 21.7 Å². The summed E-state index contributed by atoms with van der Waals surface area (Å²) in [4.78, 5) is 15.8. The van der Waals surface area contributed by atoms with E-state index < -0.39 is 0 Å². The monoisotopic (exact) mass is 290 g/mol. The summed E-state index contributed by atoms with van der Waals surface area (Å²) in [5, 5.41) is 4.85. The van der Waals surface area contributed by atoms with Crippen LogP contribution in [0, 0.1) is 13.8 Å². The van der Waals surface area contributed by atoms with Gasteiger partial charge in [-0.15, -0.1) is 0 Å². The molecule has 0 saturated heterocycles. The van der Waals surface area contributed by atoms with Gasteiger partial charge >= 0.3 is 5.63 Å². The van der Waals surface area contributed by atoms with Gasteiger partial charge in [-0.05, 0) is 42.7 Å². The van der Waals surface area contributed by atoms with Crippen molar-refractivity contribution >= 4 is 27.9 Å². The smallest absolute Gasteiger partial charge is 0.336 e. The summed E-state index contributed by atoms with van der Waals surface area (Å²) < 4.78 is 5.29. The second kappa shape index (κ2) is 6.13. The van der Waals surface area contributed by atoms with Crippen molar-refractivity contribution < 1.29 is 4.42 Å². The highest BCUT2D eigenvalue weighted by Crippen LogP contribution is 2.24. The number of thioether (sulfide) groups is 1. The number of rotatable bonds is 2. The first-order valence-corrected chi connectivity index (χ1v) is 7.35. The summed E-state index contributed by atoms with van der Waals surface area (Å²) >= 11 is 1.57. The molecule has 20 heavy (non-hydrogen) atoms. The summed E-state index contributed by atoms with van der Waals surface area (Å²) in [6, 6.07) is 5.56. The Morgan fingerprint density at radius 3 is 2.65 bits per heavy atom. The number of fused-ring (bicyclic) bond motifs is 1. The zero-order valence-corrected chi connectivity index (χ0v) is 12.9. The average molecular weight is 290 g/mol. The maximum atomic E-state index is 11.7. The molecule has 1 heterocycles. The van der Waals surface area contributed by atoms with Crippen molar-refractivity contribution in [1.82, 2.24) is 5.32 Å². The van der Waals surface area contributed by atoms with Crippen LogP contribution in [0.2, 0.25) is 0 Å². The standard InChI is InChI=1S/C15H18N2O2S/c1-9-5-12-11(8-20-15(16-3)17-4)7-14(18)19-13(12)6-10(9)2/h5-7H,8H2,1-4H3,(H,16,17). The molecule has 0 aliphatic rings. The van der Waals surface area contributed by atoms with Crippen LogP contribution in [-0.4, -0.2) is 19.3 Å². The van der Waals surface area contributed by atoms with Crippen LogP contribution in [0.15, 0.2) is 32.4 Å². The number of nitrogens with zero attached hydrogens (tertiary/aromatic N) is 1. The van der Waals surface area contributed by atoms with Gasteiger partial charge in [0.2, 0.25) is 0 Å². The van der Waals surface area contributed by atoms with Crippen LogP contribution in [-0.2, 0) is 5.75 Å². The largest absolute Gasteiger partial charge is 0.423 e. The Kier molecular flexibility index (Phi) is 4.49. The first kappa shape index (κ1) is 14.7. The fraction of sp³-hybridized carbons (Fsp3) is 0.333. The van der Waals surface area contributed by atoms with E-state index in [2.05, 4.69) is 23.3 Å². The second-order valence-corrected chi connectivity index (χ2v) is 5.55. The maximum absolute atomic E-state index is 11.7. The fourth-order valence-corrected chi connectivity index (χ4v) is 2.80. The minimum absolute atomic E-state index is 0.309. The molecule has 2 rings (SSSR count). The highest BCUT2D eigenvalue weighted by Gasteiger charge is 2.09. The van der Waals surface area contributed by atoms with Gasteiger partial charge in [-0.1, -0.05) is 11.8 Å². The van der Waals surface area contributed by atoms with Crippen LogP contribution in [0.5, 0.6) is 0 Å². The molecule has 0 unspecified atom stereocenters. The summed E-state index contributed by atoms with van der Waals surface area (Å²) in [7, 11) is 3.57. The van der Waals surface area contributed by atoms with E-state index in [9.17, 15) is 4.79 Å². The number of nitrogens with one attached hydrogen (secondary N) is 1. The van der Waals surface area contributed by atoms with Gasteiger partial charge in [-0.2, -0.15) is 0 Å². The Hall–Kier alpha value is -1.75. The molecular formula is C15H18N2O2S. The van der Waals surface area contributed by atoms with Gasteiger partial charge in [0, 0.05) is 31.3 Å². The molecule has 0 bridgehead atoms. The van der Waals surface area contributed by atoms with Crippen LogP contribution in [0.1, 0.15) is 16.7 Å². The van der Waals surface area contributed by atoms with Gasteiger partial charge in [0.15, 0.2) is 5.17 Å². The van der Waals surface area contributed by atoms with E-state index in [0.29, 0.717) is 11.3 Å². The third kappa shape index (κ3) is 3.04. The van der Waals surface area contributed by atoms with Gasteiger partial charge in [-0.3, -0.25) is 4.99 Å². The summed E-state index contributed by atoms with van der Waals surface area (Å²) in [6.45, 7) is 4.07. The number of aryl methyl sites for hydroxylation is 2. The summed E-state index contributed by atoms with van der Waals surface area (Å²) in [6.07, 6.45) is 0. The molecular weight excluding hydrogens is 272 g/mol. The first-order valence-electron chi connectivity index (χ1n) is 6.36. The Morgan fingerprint density at radius 1 is 1.30 bits per heavy atom. The zero-order chi connectivity index (χ0) is 14.7. The SMILES string of the molecule is CN=C(NC)SCc1cc(=O)oc2cc(C)c(C)cc12. The van der Waals surface area contributed by atoms with Crippen LogP contribution in [0.25, 0.3) is 11.0 Å². The molecule has 0 atom stereocenters. The van der Waals surface area contributed by atoms with Crippen molar-refractivity contribution in [2.24, 2.45) is 4.99 Å². The van der Waals surface area contributed by atoms with Crippen molar-refractivity contribution in [3.8, 4) is 0 Å². The Labute approximate surface area is 122 Å². The topological polar surface area (TPSA) is 54.6 Å². The normalized spacial score (nSPS) is 11.9. The zero-order valence-electron chi connectivity index (χ0n) is 12.1. The van der Waals surface area contributed by atoms with Crippen LogP contribution < -0.4 is 10.9 Å². The van der Waals surface area contributed by atoms with E-state index in [4.69, 9.17) is 4.42 Å². The number of hydrogen-bond donors (Lipinski definition) is 1. The molecule has 4 nitrogen and oxygen atoms in total. The molecule has 1 N–H and O–H groups in total. The number of amidine groups is 1. The molecule has 106 valence electrons. The Morgan fingerprint density at radius 2 is 2.00 bits per heavy atom. The second-order valence-electron chi connectivity index (χ2n) is 4.59. The van der Waals surface area contributed by atoms with Gasteiger partial charge in [-0.25, -0.2) is 4.79 Å². The van der Waals surface area contributed by atoms with Crippen molar-refractivity contribution in [3.05, 3.63) is 45.3 Å². The lowest BCUT2D eigenvalue weighted by atomic mass is 10.0. The lowest BCUT2D eigenvalue weighted by Gasteiger charge is -2.09. The molecule has 0 spiro atoms. The lowest BCUT2D eigenvalue weighted by molar-refractivity contribution is 0.559. The Bertz CT molecular complexity index is 720. The molecule has 0 amide bonds. The molecule has 5 heteroatoms. The van der Waals surface area contributed by atoms with Crippen molar-refractivity contribution in [2.75, 3.05) is 14.1 Å². The van der Waals surface area contributed by atoms with E-state index in [1.165, 1.54) is 5.56 Å². The van der Waals surface area contributed by atoms with Gasteiger partial charge in [0.1, 0.15) is 5.58 Å². The van der Waals surface area contributed by atoms with E-state index in [1.54, 1.807) is 24.9 Å². The molecule has 0 aliphatic heterocycles. The van der Waals surface area contributed by atoms with E-state index in [1.807, 2.05) is 20.0 Å². The highest BCUT2D eigenvalue weighted by molar-refractivity contribution is 8.13. The molecule has 1 aromatic carbocycles. The average Bonchev–Trinajstić information content (AvgIpc) is 2.42. The molecule has 0 fully saturated rings. The fourth-order valence-electron chi connectivity index (χ4n) is 2.00. The third-order valence-corrected chi connectivity index (χ3v) is 4.34.